The second-order valence-electron chi connectivity index (χ2n) is 11.9. The lowest BCUT2D eigenvalue weighted by Gasteiger charge is -2.42. The second-order valence-corrected chi connectivity index (χ2v) is 11.9. The van der Waals surface area contributed by atoms with E-state index in [9.17, 15) is 18.4 Å². The van der Waals surface area contributed by atoms with Crippen LogP contribution in [0.2, 0.25) is 0 Å². The van der Waals surface area contributed by atoms with Gasteiger partial charge in [-0.15, -0.1) is 0 Å². The molecular weight excluding hydrogens is 743 g/mol. The summed E-state index contributed by atoms with van der Waals surface area (Å²) in [7, 11) is 0. The summed E-state index contributed by atoms with van der Waals surface area (Å²) in [5.41, 5.74) is -1.34. The minimum atomic E-state index is -3.97. The molecule has 2 aliphatic heterocycles. The molecule has 2 atom stereocenters. The topological polar surface area (TPSA) is 134 Å². The fourth-order valence-corrected chi connectivity index (χ4v) is 5.90. The van der Waals surface area contributed by atoms with Crippen molar-refractivity contribution in [2.24, 2.45) is 0 Å². The van der Waals surface area contributed by atoms with Gasteiger partial charge < -0.3 is 19.6 Å². The Morgan fingerprint density at radius 1 is 0.690 bits per heavy atom. The van der Waals surface area contributed by atoms with Crippen LogP contribution in [-0.4, -0.2) is 88.9 Å². The van der Waals surface area contributed by atoms with Gasteiger partial charge in [0.15, 0.2) is 11.6 Å². The number of imidazole rings is 2. The maximum Gasteiger partial charge on any atom is 0.249 e. The number of anilines is 4. The number of benzene rings is 2. The predicted molar refractivity (Wildman–Crippen MR) is 219 cm³/mol. The number of halogens is 2. The first-order valence-electron chi connectivity index (χ1n) is 31.3. The van der Waals surface area contributed by atoms with Crippen molar-refractivity contribution in [3.8, 4) is 34.7 Å². The molecule has 2 aromatic carbocycles. The SMILES string of the molecule is [2H]C([2H])([2H])N1C(=O)[C@@H](C([2H])([2H])C([2H])([2H])[2H])N(C([2H])(C([2H])([2H])[2H])C([2H])([2H])[2H])c2nc(-n3ccnc3-c3cccc(F)c3)ncc21.[2H]C([2H])([2H])N1C(=O)[C@H](C([2H])([2H])C([2H])([2H])[2H])N(C([2H])(C([2H])([2H])[2H])C([2H])([2H])[2H])c2nc(-n3ccnc3-c3cccc(F)c3)ncc21. The van der Waals surface area contributed by atoms with E-state index in [0.717, 1.165) is 33.4 Å². The highest BCUT2D eigenvalue weighted by Gasteiger charge is 2.40. The molecule has 6 heterocycles. The van der Waals surface area contributed by atoms with E-state index in [1.54, 1.807) is 0 Å². The van der Waals surface area contributed by atoms with Gasteiger partial charge in [0.1, 0.15) is 46.7 Å². The monoisotopic (exact) mass is 819 g/mol. The Kier molecular flexibility index (Phi) is 4.75. The molecule has 0 saturated heterocycles. The zero-order valence-corrected chi connectivity index (χ0v) is 29.2. The van der Waals surface area contributed by atoms with Crippen LogP contribution in [0.15, 0.2) is 85.7 Å². The summed E-state index contributed by atoms with van der Waals surface area (Å²) in [4.78, 5) is 51.8. The van der Waals surface area contributed by atoms with Crippen molar-refractivity contribution in [3.63, 3.8) is 0 Å². The van der Waals surface area contributed by atoms with E-state index in [-0.39, 0.29) is 42.4 Å². The van der Waals surface area contributed by atoms with Gasteiger partial charge in [-0.1, -0.05) is 38.0 Å². The molecule has 16 heteroatoms. The van der Waals surface area contributed by atoms with Crippen molar-refractivity contribution in [1.29, 1.82) is 0 Å². The molecule has 8 rings (SSSR count). The van der Waals surface area contributed by atoms with Gasteiger partial charge in [-0.25, -0.2) is 28.7 Å². The van der Waals surface area contributed by atoms with Crippen molar-refractivity contribution in [2.75, 3.05) is 33.6 Å². The molecule has 2 amide bonds. The summed E-state index contributed by atoms with van der Waals surface area (Å²) in [5, 5.41) is 0. The Labute approximate surface area is 378 Å². The molecule has 0 bridgehead atoms. The van der Waals surface area contributed by atoms with E-state index < -0.39 is 150 Å². The minimum absolute atomic E-state index is 0.00582. The maximum atomic E-state index is 14.0. The van der Waals surface area contributed by atoms with Gasteiger partial charge in [0.05, 0.1) is 15.1 Å². The summed E-state index contributed by atoms with van der Waals surface area (Å²) in [6.07, 6.45) is -1.33. The third-order valence-corrected chi connectivity index (χ3v) is 8.47. The van der Waals surface area contributed by atoms with E-state index in [1.165, 1.54) is 49.1 Å². The zero-order valence-electron chi connectivity index (χ0n) is 59.2. The molecule has 6 aromatic rings. The Balaban J connectivity index is 0.000000251. The predicted octanol–water partition coefficient (Wildman–Crippen LogP) is 6.88. The lowest BCUT2D eigenvalue weighted by atomic mass is 10.1. The van der Waals surface area contributed by atoms with Crippen LogP contribution in [0.3, 0.4) is 0 Å². The number of hydrogen-bond acceptors (Lipinski definition) is 10. The molecule has 0 spiro atoms. The fourth-order valence-electron chi connectivity index (χ4n) is 5.90. The van der Waals surface area contributed by atoms with Gasteiger partial charge >= 0.3 is 0 Å². The highest BCUT2D eigenvalue weighted by Crippen LogP contribution is 2.38. The van der Waals surface area contributed by atoms with E-state index in [4.69, 9.17) is 41.1 Å². The van der Waals surface area contributed by atoms with Crippen LogP contribution in [0.5, 0.6) is 0 Å². The van der Waals surface area contributed by atoms with Crippen LogP contribution in [-0.2, 0) is 9.59 Å². The van der Waals surface area contributed by atoms with Crippen molar-refractivity contribution in [3.05, 3.63) is 97.3 Å². The average Bonchev–Trinajstić information content (AvgIpc) is 0.791. The first-order chi connectivity index (χ1) is 39.7. The smallest absolute Gasteiger partial charge is 0.249 e. The summed E-state index contributed by atoms with van der Waals surface area (Å²) < 4.78 is 272. The molecule has 0 fully saturated rings. The third-order valence-electron chi connectivity index (χ3n) is 8.47. The Bertz CT molecular complexity index is 3360. The van der Waals surface area contributed by atoms with Crippen LogP contribution >= 0.6 is 0 Å². The van der Waals surface area contributed by atoms with Gasteiger partial charge in [0.25, 0.3) is 0 Å². The van der Waals surface area contributed by atoms with E-state index in [2.05, 4.69) is 29.9 Å². The van der Waals surface area contributed by atoms with Crippen molar-refractivity contribution < 1.29 is 59.5 Å². The molecule has 58 heavy (non-hydrogen) atoms. The lowest BCUT2D eigenvalue weighted by Crippen LogP contribution is -2.55. The van der Waals surface area contributed by atoms with Crippen molar-refractivity contribution >= 4 is 34.8 Å². The number of likely N-dealkylation sites (N-methyl/N-ethyl adjacent to an activating group) is 2. The molecule has 0 radical (unpaired) electrons. The van der Waals surface area contributed by atoms with Gasteiger partial charge in [-0.3, -0.25) is 18.7 Å². The zero-order chi connectivity index (χ0) is 66.8. The quantitative estimate of drug-likeness (QED) is 0.160. The molecule has 0 unspecified atom stereocenters. The summed E-state index contributed by atoms with van der Waals surface area (Å²) in [6, 6.07) is -3.87. The highest BCUT2D eigenvalue weighted by atomic mass is 19.1. The number of carbonyl (C=O) groups is 2. The Morgan fingerprint density at radius 3 is 1.52 bits per heavy atom. The van der Waals surface area contributed by atoms with Crippen LogP contribution in [0.4, 0.5) is 31.8 Å². The van der Waals surface area contributed by atoms with Gasteiger partial charge in [-0.05, 0) is 64.4 Å². The van der Waals surface area contributed by atoms with Crippen LogP contribution in [0.1, 0.15) is 95.0 Å². The Hall–Kier alpha value is -6.58. The lowest BCUT2D eigenvalue weighted by molar-refractivity contribution is -0.120. The van der Waals surface area contributed by atoms with Crippen molar-refractivity contribution in [2.45, 2.75) is 78.0 Å². The minimum Gasteiger partial charge on any atom is -0.340 e. The third kappa shape index (κ3) is 7.14. The maximum absolute atomic E-state index is 14.0. The first-order valence-corrected chi connectivity index (χ1v) is 16.3. The number of hydrogen-bond donors (Lipinski definition) is 0. The van der Waals surface area contributed by atoms with E-state index in [0.29, 0.717) is 12.4 Å². The molecule has 0 aliphatic carbocycles. The number of aromatic nitrogens is 8. The average molecular weight is 819 g/mol. The van der Waals surface area contributed by atoms with Gasteiger partial charge in [-0.2, -0.15) is 9.97 Å². The summed E-state index contributed by atoms with van der Waals surface area (Å²) >= 11 is 0. The molecule has 0 saturated carbocycles. The molecule has 4 aromatic heterocycles. The Morgan fingerprint density at radius 2 is 1.14 bits per heavy atom. The molecule has 2 aliphatic rings. The molecule has 300 valence electrons. The van der Waals surface area contributed by atoms with Crippen LogP contribution in [0, 0.1) is 11.6 Å². The number of amides is 2. The van der Waals surface area contributed by atoms with Gasteiger partial charge in [0, 0.05) is 100 Å². The van der Waals surface area contributed by atoms with Crippen LogP contribution < -0.4 is 19.6 Å². The molecule has 0 N–H and O–H groups in total. The number of nitrogens with zero attached hydrogens (tertiary/aromatic N) is 12. The van der Waals surface area contributed by atoms with Crippen LogP contribution in [0.25, 0.3) is 34.7 Å². The molecular formula is C42H46F2N12O2. The number of carbonyl (C=O) groups excluding carboxylic acids is 2. The number of fused-ring (bicyclic) bond motifs is 2. The summed E-state index contributed by atoms with van der Waals surface area (Å²) in [5.74, 6) is -8.13. The fraction of sp³-hybridized carbons (Fsp3) is 0.333. The highest BCUT2D eigenvalue weighted by molar-refractivity contribution is 6.05. The first kappa shape index (κ1) is 17.1. The van der Waals surface area contributed by atoms with Crippen molar-refractivity contribution in [1.82, 2.24) is 39.0 Å². The summed E-state index contributed by atoms with van der Waals surface area (Å²) in [6.45, 7) is -30.1. The number of rotatable bonds is 8. The van der Waals surface area contributed by atoms with Gasteiger partial charge in [0.2, 0.25) is 23.7 Å². The second kappa shape index (κ2) is 16.1. The molecule has 14 nitrogen and oxygen atoms in total. The largest absolute Gasteiger partial charge is 0.340 e. The normalized spacial score (nSPS) is 26.7. The van der Waals surface area contributed by atoms with E-state index >= 15 is 0 Å². The standard InChI is InChI=1S/2C21H23FN6O/c2*1-5-16-20(29)26(4)17-12-24-21(25-19(17)28(16)13(2)3)27-10-9-23-18(27)14-7-6-8-15(22)11-14/h2*6-13,16H,5H2,1-4H3/t2*16-/m10/s1/i2*1D3,2D3,3D3,4D3,5D2,13D. The van der Waals surface area contributed by atoms with E-state index in [1.807, 2.05) is 0 Å².